The molecule has 0 saturated heterocycles. The predicted molar refractivity (Wildman–Crippen MR) is 216 cm³/mol. The second kappa shape index (κ2) is 33.1. The number of benzene rings is 1. The Morgan fingerprint density at radius 1 is 0.518 bits per heavy atom. The highest BCUT2D eigenvalue weighted by atomic mass is 79.9. The molecule has 11 heteroatoms. The minimum absolute atomic E-state index is 0. The molecule has 0 unspecified atom stereocenters. The van der Waals surface area contributed by atoms with E-state index in [0.29, 0.717) is 0 Å². The van der Waals surface area contributed by atoms with Gasteiger partial charge in [-0.1, -0.05) is 187 Å². The Morgan fingerprint density at radius 2 is 0.839 bits per heavy atom. The summed E-state index contributed by atoms with van der Waals surface area (Å²) in [5.41, 5.74) is -1.65. The number of aromatic nitrogens is 6. The van der Waals surface area contributed by atoms with Crippen LogP contribution in [0.4, 0.5) is 8.78 Å². The van der Waals surface area contributed by atoms with Gasteiger partial charge in [0.1, 0.15) is 24.7 Å². The quantitative estimate of drug-likeness (QED) is 0.0628. The molecule has 0 radical (unpaired) electrons. The predicted octanol–water partition coefficient (Wildman–Crippen LogP) is 5.49. The molecule has 0 fully saturated rings. The van der Waals surface area contributed by atoms with Crippen LogP contribution in [-0.2, 0) is 31.8 Å². The van der Waals surface area contributed by atoms with E-state index >= 15 is 4.39 Å². The Labute approximate surface area is 361 Å². The van der Waals surface area contributed by atoms with Crippen molar-refractivity contribution in [3.63, 3.8) is 0 Å². The van der Waals surface area contributed by atoms with Crippen LogP contribution in [0.1, 0.15) is 199 Å². The maximum absolute atomic E-state index is 15.1. The highest BCUT2D eigenvalue weighted by molar-refractivity contribution is 5.25. The molecule has 322 valence electrons. The van der Waals surface area contributed by atoms with Gasteiger partial charge in [0, 0.05) is 21.8 Å². The molecule has 3 rings (SSSR count). The normalized spacial score (nSPS) is 11.5. The molecule has 0 saturated carbocycles. The number of unbranched alkanes of at least 4 members (excludes halogenated alkanes) is 26. The fraction of sp³-hybridized carbons (Fsp3) is 0.778. The summed E-state index contributed by atoms with van der Waals surface area (Å²) in [4.78, 5) is 0. The van der Waals surface area contributed by atoms with Gasteiger partial charge < -0.3 is 39.1 Å². The van der Waals surface area contributed by atoms with Gasteiger partial charge in [0.25, 0.3) is 12.7 Å². The van der Waals surface area contributed by atoms with Gasteiger partial charge in [-0.2, -0.15) is 0 Å². The molecule has 0 bridgehead atoms. The van der Waals surface area contributed by atoms with Crippen LogP contribution in [0.3, 0.4) is 0 Å². The third-order valence-corrected chi connectivity index (χ3v) is 11.1. The van der Waals surface area contributed by atoms with E-state index in [4.69, 9.17) is 0 Å². The Kier molecular flexibility index (Phi) is 31.0. The molecule has 0 aliphatic heterocycles. The van der Waals surface area contributed by atoms with Gasteiger partial charge in [-0.15, -0.1) is 9.36 Å². The summed E-state index contributed by atoms with van der Waals surface area (Å²) < 4.78 is 36.4. The fourth-order valence-corrected chi connectivity index (χ4v) is 7.72. The Hall–Kier alpha value is -1.72. The summed E-state index contributed by atoms with van der Waals surface area (Å²) in [6.07, 6.45) is 44.4. The van der Waals surface area contributed by atoms with E-state index in [1.54, 1.807) is 22.0 Å². The van der Waals surface area contributed by atoms with E-state index in [-0.39, 0.29) is 52.6 Å². The molecule has 0 aliphatic rings. The van der Waals surface area contributed by atoms with Crippen molar-refractivity contribution >= 4 is 0 Å². The van der Waals surface area contributed by atoms with E-state index in [2.05, 4.69) is 24.0 Å². The first kappa shape index (κ1) is 52.3. The molecular formula is C45H78Br2F2N6O. The number of aliphatic hydroxyl groups is 1. The van der Waals surface area contributed by atoms with E-state index in [1.165, 1.54) is 179 Å². The number of halogens is 4. The van der Waals surface area contributed by atoms with Gasteiger partial charge in [-0.3, -0.25) is 0 Å². The SMILES string of the molecule is CCCCCCCCCCCCCCCC[n+]1cnn(CC(O)(Cn2c[n+](CCCCCCCCCCCCCCCC)cn2)c2ccc(F)cc2F)c1.[Br-].[Br-]. The summed E-state index contributed by atoms with van der Waals surface area (Å²) in [7, 11) is 0. The number of hydrogen-bond donors (Lipinski definition) is 1. The van der Waals surface area contributed by atoms with Gasteiger partial charge in [-0.25, -0.2) is 17.9 Å². The average molecular weight is 917 g/mol. The average Bonchev–Trinajstić information content (AvgIpc) is 3.80. The highest BCUT2D eigenvalue weighted by Crippen LogP contribution is 2.28. The van der Waals surface area contributed by atoms with Crippen LogP contribution in [0.5, 0.6) is 0 Å². The van der Waals surface area contributed by atoms with Gasteiger partial charge >= 0.3 is 0 Å². The van der Waals surface area contributed by atoms with Crippen molar-refractivity contribution in [1.82, 2.24) is 19.6 Å². The summed E-state index contributed by atoms with van der Waals surface area (Å²) in [5, 5.41) is 21.0. The largest absolute Gasteiger partial charge is 1.00 e. The van der Waals surface area contributed by atoms with Crippen molar-refractivity contribution in [2.75, 3.05) is 0 Å². The number of nitrogens with zero attached hydrogens (tertiary/aromatic N) is 6. The Balaban J connectivity index is 0.00000784. The first-order valence-corrected chi connectivity index (χ1v) is 22.4. The molecule has 0 aliphatic carbocycles. The minimum Gasteiger partial charge on any atom is -1.00 e. The van der Waals surface area contributed by atoms with E-state index in [1.807, 2.05) is 21.8 Å². The molecule has 0 atom stereocenters. The summed E-state index contributed by atoms with van der Waals surface area (Å²) in [5.74, 6) is -1.45. The smallest absolute Gasteiger partial charge is 0.265 e. The molecule has 0 spiro atoms. The number of aryl methyl sites for hydroxylation is 2. The summed E-state index contributed by atoms with van der Waals surface area (Å²) in [6, 6.07) is 3.36. The molecule has 1 aromatic carbocycles. The maximum atomic E-state index is 15.1. The van der Waals surface area contributed by atoms with Gasteiger partial charge in [0.05, 0.1) is 13.1 Å². The highest BCUT2D eigenvalue weighted by Gasteiger charge is 2.39. The van der Waals surface area contributed by atoms with Gasteiger partial charge in [-0.05, 0) is 18.9 Å². The zero-order valence-electron chi connectivity index (χ0n) is 35.3. The van der Waals surface area contributed by atoms with E-state index in [0.717, 1.165) is 32.0 Å². The monoisotopic (exact) mass is 914 g/mol. The van der Waals surface area contributed by atoms with Crippen molar-refractivity contribution in [3.8, 4) is 0 Å². The van der Waals surface area contributed by atoms with Gasteiger partial charge in [0.15, 0.2) is 5.60 Å². The fourth-order valence-electron chi connectivity index (χ4n) is 7.72. The summed E-state index contributed by atoms with van der Waals surface area (Å²) in [6.45, 7) is 6.27. The van der Waals surface area contributed by atoms with Gasteiger partial charge in [0.2, 0.25) is 12.7 Å². The third-order valence-electron chi connectivity index (χ3n) is 11.1. The van der Waals surface area contributed by atoms with Crippen molar-refractivity contribution in [3.05, 3.63) is 60.7 Å². The number of rotatable bonds is 35. The number of hydrogen-bond acceptors (Lipinski definition) is 3. The van der Waals surface area contributed by atoms with Crippen LogP contribution in [-0.4, -0.2) is 24.7 Å². The van der Waals surface area contributed by atoms with E-state index in [9.17, 15) is 9.50 Å². The molecule has 2 aromatic heterocycles. The Bertz CT molecular complexity index is 1280. The van der Waals surface area contributed by atoms with Crippen LogP contribution in [0, 0.1) is 11.6 Å². The lowest BCUT2D eigenvalue weighted by molar-refractivity contribution is -0.698. The molecule has 7 nitrogen and oxygen atoms in total. The third kappa shape index (κ3) is 23.0. The second-order valence-electron chi connectivity index (χ2n) is 16.2. The van der Waals surface area contributed by atoms with Crippen LogP contribution in [0.15, 0.2) is 43.5 Å². The minimum atomic E-state index is -1.68. The van der Waals surface area contributed by atoms with Crippen LogP contribution >= 0.6 is 0 Å². The second-order valence-corrected chi connectivity index (χ2v) is 16.2. The Morgan fingerprint density at radius 3 is 1.16 bits per heavy atom. The van der Waals surface area contributed by atoms with E-state index < -0.39 is 17.2 Å². The molecule has 56 heavy (non-hydrogen) atoms. The molecular weight excluding hydrogens is 838 g/mol. The van der Waals surface area contributed by atoms with Crippen molar-refractivity contribution in [2.24, 2.45) is 0 Å². The standard InChI is InChI=1S/C45H78F2N6O.2BrH/c1-3-5-7-9-11-13-15-17-19-21-23-25-27-29-33-50-38-48-52(40-50)36-45(54,43-32-31-42(46)35-44(43)47)37-53-41-51(39-49-53)34-30-28-26-24-22-20-18-16-14-12-10-8-6-4-2;;/h31-32,35,38-41,54H,3-30,33-34,36-37H2,1-2H3;2*1H/q+2;;/p-2. The van der Waals surface area contributed by atoms with Crippen molar-refractivity contribution < 1.29 is 57.0 Å². The van der Waals surface area contributed by atoms with Crippen LogP contribution < -0.4 is 43.1 Å². The molecule has 2 heterocycles. The molecule has 3 aromatic rings. The lowest BCUT2D eigenvalue weighted by atomic mass is 9.93. The lowest BCUT2D eigenvalue weighted by Gasteiger charge is -2.24. The maximum Gasteiger partial charge on any atom is 0.265 e. The topological polar surface area (TPSA) is 63.6 Å². The van der Waals surface area contributed by atoms with Crippen molar-refractivity contribution in [2.45, 2.75) is 225 Å². The van der Waals surface area contributed by atoms with Crippen LogP contribution in [0.25, 0.3) is 0 Å². The summed E-state index contributed by atoms with van der Waals surface area (Å²) >= 11 is 0. The molecule has 1 N–H and O–H groups in total. The lowest BCUT2D eigenvalue weighted by Crippen LogP contribution is -3.00. The van der Waals surface area contributed by atoms with Crippen molar-refractivity contribution in [1.29, 1.82) is 0 Å². The molecule has 0 amide bonds. The van der Waals surface area contributed by atoms with Crippen LogP contribution in [0.2, 0.25) is 0 Å². The zero-order chi connectivity index (χ0) is 38.5. The first-order valence-electron chi connectivity index (χ1n) is 22.4. The zero-order valence-corrected chi connectivity index (χ0v) is 38.5. The first-order chi connectivity index (χ1) is 26.4.